The van der Waals surface area contributed by atoms with Crippen molar-refractivity contribution in [3.05, 3.63) is 0 Å². The predicted molar refractivity (Wildman–Crippen MR) is 87.9 cm³/mol. The largest absolute Gasteiger partial charge is 0.356 e. The van der Waals surface area contributed by atoms with E-state index in [4.69, 9.17) is 0 Å². The molecule has 3 N–H and O–H groups in total. The molecule has 1 aliphatic rings. The molecular weight excluding hydrogens is 288 g/mol. The number of sulfonamides is 1. The Balaban J connectivity index is 2.31. The summed E-state index contributed by atoms with van der Waals surface area (Å²) in [7, 11) is -1.39. The lowest BCUT2D eigenvalue weighted by atomic mass is 9.64. The maximum atomic E-state index is 11.0. The van der Waals surface area contributed by atoms with Crippen molar-refractivity contribution in [3.8, 4) is 0 Å². The molecule has 0 unspecified atom stereocenters. The number of rotatable bonds is 8. The Bertz CT molecular complexity index is 442. The normalized spacial score (nSPS) is 18.4. The van der Waals surface area contributed by atoms with Crippen molar-refractivity contribution < 1.29 is 8.42 Å². The lowest BCUT2D eigenvalue weighted by Crippen LogP contribution is -2.48. The third-order valence-corrected chi connectivity index (χ3v) is 4.62. The van der Waals surface area contributed by atoms with E-state index < -0.39 is 10.0 Å². The monoisotopic (exact) mass is 318 g/mol. The van der Waals surface area contributed by atoms with Crippen LogP contribution in [0.3, 0.4) is 0 Å². The van der Waals surface area contributed by atoms with Gasteiger partial charge in [0, 0.05) is 26.7 Å². The SMILES string of the molecule is CN=C(NCCNS(C)(=O)=O)NCC1(CC(C)C)CCC1. The van der Waals surface area contributed by atoms with Gasteiger partial charge in [-0.15, -0.1) is 0 Å². The van der Waals surface area contributed by atoms with Gasteiger partial charge in [0.05, 0.1) is 6.26 Å². The molecule has 0 aromatic rings. The molecule has 0 aromatic heterocycles. The quantitative estimate of drug-likeness (QED) is 0.353. The zero-order valence-electron chi connectivity index (χ0n) is 13.7. The minimum atomic E-state index is -3.12. The molecule has 0 spiro atoms. The number of nitrogens with one attached hydrogen (secondary N) is 3. The summed E-state index contributed by atoms with van der Waals surface area (Å²) in [6, 6.07) is 0. The highest BCUT2D eigenvalue weighted by molar-refractivity contribution is 7.88. The Morgan fingerprint density at radius 3 is 2.33 bits per heavy atom. The lowest BCUT2D eigenvalue weighted by molar-refractivity contribution is 0.104. The average Bonchev–Trinajstić information content (AvgIpc) is 2.32. The van der Waals surface area contributed by atoms with E-state index in [1.807, 2.05) is 0 Å². The summed E-state index contributed by atoms with van der Waals surface area (Å²) >= 11 is 0. The Labute approximate surface area is 129 Å². The maximum absolute atomic E-state index is 11.0. The summed E-state index contributed by atoms with van der Waals surface area (Å²) in [6.45, 7) is 6.35. The van der Waals surface area contributed by atoms with Gasteiger partial charge in [-0.1, -0.05) is 20.3 Å². The van der Waals surface area contributed by atoms with Gasteiger partial charge in [-0.3, -0.25) is 4.99 Å². The predicted octanol–water partition coefficient (Wildman–Crippen LogP) is 0.917. The van der Waals surface area contributed by atoms with E-state index in [-0.39, 0.29) is 0 Å². The molecule has 0 bridgehead atoms. The van der Waals surface area contributed by atoms with Gasteiger partial charge in [-0.25, -0.2) is 13.1 Å². The molecule has 124 valence electrons. The van der Waals surface area contributed by atoms with Crippen LogP contribution in [-0.2, 0) is 10.0 Å². The fourth-order valence-electron chi connectivity index (χ4n) is 2.91. The molecule has 1 rings (SSSR count). The van der Waals surface area contributed by atoms with Crippen molar-refractivity contribution in [3.63, 3.8) is 0 Å². The first kappa shape index (κ1) is 18.2. The van der Waals surface area contributed by atoms with Gasteiger partial charge < -0.3 is 10.6 Å². The highest BCUT2D eigenvalue weighted by Crippen LogP contribution is 2.45. The van der Waals surface area contributed by atoms with Crippen LogP contribution in [0.25, 0.3) is 0 Å². The first-order valence-electron chi connectivity index (χ1n) is 7.65. The summed E-state index contributed by atoms with van der Waals surface area (Å²) in [4.78, 5) is 4.18. The zero-order valence-corrected chi connectivity index (χ0v) is 14.5. The third-order valence-electron chi connectivity index (χ3n) is 3.89. The van der Waals surface area contributed by atoms with Crippen molar-refractivity contribution in [2.24, 2.45) is 16.3 Å². The van der Waals surface area contributed by atoms with Crippen LogP contribution in [0.15, 0.2) is 4.99 Å². The number of hydrogen-bond acceptors (Lipinski definition) is 3. The molecule has 1 fully saturated rings. The fourth-order valence-corrected chi connectivity index (χ4v) is 3.38. The summed E-state index contributed by atoms with van der Waals surface area (Å²) in [6.07, 6.45) is 6.29. The highest BCUT2D eigenvalue weighted by atomic mass is 32.2. The summed E-state index contributed by atoms with van der Waals surface area (Å²) < 4.78 is 24.4. The number of nitrogens with zero attached hydrogens (tertiary/aromatic N) is 1. The van der Waals surface area contributed by atoms with Crippen LogP contribution in [0.2, 0.25) is 0 Å². The molecule has 21 heavy (non-hydrogen) atoms. The van der Waals surface area contributed by atoms with Crippen LogP contribution in [0.1, 0.15) is 39.5 Å². The van der Waals surface area contributed by atoms with E-state index >= 15 is 0 Å². The van der Waals surface area contributed by atoms with Crippen molar-refractivity contribution in [1.82, 2.24) is 15.4 Å². The number of aliphatic imine (C=N–C) groups is 1. The van der Waals surface area contributed by atoms with Crippen LogP contribution in [0.5, 0.6) is 0 Å². The Morgan fingerprint density at radius 2 is 1.90 bits per heavy atom. The van der Waals surface area contributed by atoms with Crippen LogP contribution < -0.4 is 15.4 Å². The van der Waals surface area contributed by atoms with E-state index in [1.165, 1.54) is 25.7 Å². The maximum Gasteiger partial charge on any atom is 0.208 e. The van der Waals surface area contributed by atoms with Gasteiger partial charge >= 0.3 is 0 Å². The zero-order chi connectivity index (χ0) is 15.9. The van der Waals surface area contributed by atoms with Gasteiger partial charge in [0.1, 0.15) is 0 Å². The van der Waals surface area contributed by atoms with Crippen molar-refractivity contribution in [2.45, 2.75) is 39.5 Å². The number of guanidine groups is 1. The summed E-state index contributed by atoms with van der Waals surface area (Å²) in [5.74, 6) is 1.45. The van der Waals surface area contributed by atoms with Gasteiger partial charge in [0.2, 0.25) is 10.0 Å². The second-order valence-corrected chi connectivity index (χ2v) is 8.30. The molecule has 0 aromatic carbocycles. The smallest absolute Gasteiger partial charge is 0.208 e. The van der Waals surface area contributed by atoms with Gasteiger partial charge in [0.25, 0.3) is 0 Å². The molecule has 1 aliphatic carbocycles. The topological polar surface area (TPSA) is 82.6 Å². The minimum absolute atomic E-state index is 0.358. The molecule has 0 amide bonds. The molecule has 0 radical (unpaired) electrons. The summed E-state index contributed by atoms with van der Waals surface area (Å²) in [5.41, 5.74) is 0.413. The third kappa shape index (κ3) is 7.13. The van der Waals surface area contributed by atoms with Gasteiger partial charge in [-0.2, -0.15) is 0 Å². The molecule has 1 saturated carbocycles. The molecular formula is C14H30N4O2S. The molecule has 0 saturated heterocycles. The van der Waals surface area contributed by atoms with E-state index in [9.17, 15) is 8.42 Å². The van der Waals surface area contributed by atoms with Crippen LogP contribution >= 0.6 is 0 Å². The Morgan fingerprint density at radius 1 is 1.24 bits per heavy atom. The average molecular weight is 318 g/mol. The minimum Gasteiger partial charge on any atom is -0.356 e. The van der Waals surface area contributed by atoms with Crippen LogP contribution in [-0.4, -0.2) is 47.3 Å². The molecule has 0 atom stereocenters. The Hall–Kier alpha value is -0.820. The molecule has 6 nitrogen and oxygen atoms in total. The van der Waals surface area contributed by atoms with E-state index in [0.29, 0.717) is 24.4 Å². The van der Waals surface area contributed by atoms with E-state index in [0.717, 1.165) is 18.8 Å². The first-order valence-corrected chi connectivity index (χ1v) is 9.55. The molecule has 0 aliphatic heterocycles. The van der Waals surface area contributed by atoms with Crippen LogP contribution in [0.4, 0.5) is 0 Å². The van der Waals surface area contributed by atoms with E-state index in [1.54, 1.807) is 7.05 Å². The molecule has 7 heteroatoms. The summed E-state index contributed by atoms with van der Waals surface area (Å²) in [5, 5.41) is 6.50. The van der Waals surface area contributed by atoms with Gasteiger partial charge in [-0.05, 0) is 30.6 Å². The standard InChI is InChI=1S/C14H30N4O2S/c1-12(2)10-14(6-5-7-14)11-17-13(15-3)16-8-9-18-21(4,19)20/h12,18H,5-11H2,1-4H3,(H2,15,16,17). The second-order valence-electron chi connectivity index (χ2n) is 6.47. The number of hydrogen-bond donors (Lipinski definition) is 3. The van der Waals surface area contributed by atoms with Crippen molar-refractivity contribution in [1.29, 1.82) is 0 Å². The van der Waals surface area contributed by atoms with E-state index in [2.05, 4.69) is 34.2 Å². The van der Waals surface area contributed by atoms with Crippen LogP contribution in [0, 0.1) is 11.3 Å². The van der Waals surface area contributed by atoms with Crippen molar-refractivity contribution >= 4 is 16.0 Å². The van der Waals surface area contributed by atoms with Gasteiger partial charge in [0.15, 0.2) is 5.96 Å². The van der Waals surface area contributed by atoms with Crippen molar-refractivity contribution in [2.75, 3.05) is 32.9 Å². The lowest BCUT2D eigenvalue weighted by Gasteiger charge is -2.43. The Kier molecular flexibility index (Phi) is 6.93. The molecule has 0 heterocycles. The first-order chi connectivity index (χ1) is 9.76. The fraction of sp³-hybridized carbons (Fsp3) is 0.929. The highest BCUT2D eigenvalue weighted by Gasteiger charge is 2.37. The second kappa shape index (κ2) is 7.98.